The summed E-state index contributed by atoms with van der Waals surface area (Å²) in [5.41, 5.74) is 3.69. The monoisotopic (exact) mass is 492 g/mol. The summed E-state index contributed by atoms with van der Waals surface area (Å²) in [4.78, 5) is 37.8. The van der Waals surface area contributed by atoms with Gasteiger partial charge in [-0.05, 0) is 87.8 Å². The van der Waals surface area contributed by atoms with E-state index in [2.05, 4.69) is 36.6 Å². The number of fused-ring (bicyclic) bond motifs is 1. The number of amides is 2. The fourth-order valence-corrected chi connectivity index (χ4v) is 5.52. The van der Waals surface area contributed by atoms with Gasteiger partial charge in [-0.15, -0.1) is 0 Å². The van der Waals surface area contributed by atoms with Gasteiger partial charge in [0, 0.05) is 5.69 Å². The first-order chi connectivity index (χ1) is 17.0. The fourth-order valence-electron chi connectivity index (χ4n) is 5.52. The van der Waals surface area contributed by atoms with E-state index in [0.29, 0.717) is 5.75 Å². The summed E-state index contributed by atoms with van der Waals surface area (Å²) in [6.07, 6.45) is 4.72. The zero-order chi connectivity index (χ0) is 26.1. The van der Waals surface area contributed by atoms with Gasteiger partial charge in [0.2, 0.25) is 5.91 Å². The molecule has 7 nitrogen and oxygen atoms in total. The maximum absolute atomic E-state index is 13.8. The molecule has 2 amide bonds. The Morgan fingerprint density at radius 3 is 2.33 bits per heavy atom. The highest BCUT2D eigenvalue weighted by atomic mass is 16.6. The van der Waals surface area contributed by atoms with Crippen LogP contribution in [0.3, 0.4) is 0 Å². The fraction of sp³-hybridized carbons (Fsp3) is 0.483. The molecule has 0 spiro atoms. The quantitative estimate of drug-likeness (QED) is 0.421. The number of carbonyl (C=O) groups excluding carboxylic acids is 3. The highest BCUT2D eigenvalue weighted by Crippen LogP contribution is 2.53. The topological polar surface area (TPSA) is 93.7 Å². The number of rotatable bonds is 5. The third-order valence-electron chi connectivity index (χ3n) is 7.29. The van der Waals surface area contributed by atoms with Crippen LogP contribution in [0.1, 0.15) is 75.1 Å². The van der Waals surface area contributed by atoms with Crippen molar-refractivity contribution in [3.8, 4) is 5.75 Å². The molecule has 0 bridgehead atoms. The molecule has 2 aromatic rings. The summed E-state index contributed by atoms with van der Waals surface area (Å²) in [6, 6.07) is 11.4. The SMILES string of the molecule is Cc1ccc2c(c1C)NC(=O)C2(c1ccc(OC(=O)CNC(=O)OC(C)(C)C)cc1)C1CCCCC1. The first-order valence-corrected chi connectivity index (χ1v) is 12.7. The number of nitrogens with one attached hydrogen (secondary N) is 2. The Hall–Kier alpha value is -3.35. The Kier molecular flexibility index (Phi) is 7.12. The molecule has 2 N–H and O–H groups in total. The Morgan fingerprint density at radius 2 is 1.69 bits per heavy atom. The normalized spacial score (nSPS) is 19.9. The van der Waals surface area contributed by atoms with Crippen LogP contribution >= 0.6 is 0 Å². The van der Waals surface area contributed by atoms with Crippen LogP contribution in [0.5, 0.6) is 5.75 Å². The van der Waals surface area contributed by atoms with E-state index in [4.69, 9.17) is 9.47 Å². The summed E-state index contributed by atoms with van der Waals surface area (Å²) in [7, 11) is 0. The average Bonchev–Trinajstić information content (AvgIpc) is 3.13. The Bertz CT molecular complexity index is 1160. The molecule has 0 saturated heterocycles. The van der Waals surface area contributed by atoms with Crippen LogP contribution in [0.4, 0.5) is 10.5 Å². The first-order valence-electron chi connectivity index (χ1n) is 12.7. The molecule has 1 atom stereocenters. The van der Waals surface area contributed by atoms with Crippen LogP contribution in [0.25, 0.3) is 0 Å². The van der Waals surface area contributed by atoms with Crippen molar-refractivity contribution in [2.75, 3.05) is 11.9 Å². The van der Waals surface area contributed by atoms with Crippen molar-refractivity contribution in [2.24, 2.45) is 5.92 Å². The van der Waals surface area contributed by atoms with Crippen molar-refractivity contribution >= 4 is 23.7 Å². The van der Waals surface area contributed by atoms with E-state index in [1.165, 1.54) is 6.42 Å². The van der Waals surface area contributed by atoms with Gasteiger partial charge < -0.3 is 20.1 Å². The molecule has 192 valence electrons. The zero-order valence-electron chi connectivity index (χ0n) is 21.8. The highest BCUT2D eigenvalue weighted by molar-refractivity contribution is 6.10. The lowest BCUT2D eigenvalue weighted by molar-refractivity contribution is -0.133. The third kappa shape index (κ3) is 4.97. The Labute approximate surface area is 212 Å². The van der Waals surface area contributed by atoms with Crippen molar-refractivity contribution in [1.82, 2.24) is 5.32 Å². The first kappa shape index (κ1) is 25.7. The highest BCUT2D eigenvalue weighted by Gasteiger charge is 2.53. The smallest absolute Gasteiger partial charge is 0.408 e. The number of alkyl carbamates (subject to hydrolysis) is 1. The molecule has 0 aromatic heterocycles. The molecular formula is C29H36N2O5. The van der Waals surface area contributed by atoms with Crippen molar-refractivity contribution in [1.29, 1.82) is 0 Å². The molecule has 2 aromatic carbocycles. The van der Waals surface area contributed by atoms with E-state index in [1.807, 2.05) is 12.1 Å². The summed E-state index contributed by atoms with van der Waals surface area (Å²) in [6.45, 7) is 9.05. The molecule has 1 heterocycles. The Morgan fingerprint density at radius 1 is 1.03 bits per heavy atom. The number of ether oxygens (including phenoxy) is 2. The molecule has 7 heteroatoms. The van der Waals surface area contributed by atoms with E-state index in [1.54, 1.807) is 32.9 Å². The van der Waals surface area contributed by atoms with Crippen molar-refractivity contribution in [3.63, 3.8) is 0 Å². The van der Waals surface area contributed by atoms with Crippen molar-refractivity contribution in [2.45, 2.75) is 77.7 Å². The van der Waals surface area contributed by atoms with Gasteiger partial charge >= 0.3 is 12.1 Å². The minimum absolute atomic E-state index is 0.0180. The van der Waals surface area contributed by atoms with E-state index in [9.17, 15) is 14.4 Å². The lowest BCUT2D eigenvalue weighted by Gasteiger charge is -2.39. The van der Waals surface area contributed by atoms with Crippen LogP contribution in [-0.4, -0.2) is 30.1 Å². The maximum Gasteiger partial charge on any atom is 0.408 e. The predicted molar refractivity (Wildman–Crippen MR) is 138 cm³/mol. The number of anilines is 1. The number of hydrogen-bond donors (Lipinski definition) is 2. The van der Waals surface area contributed by atoms with E-state index in [-0.39, 0.29) is 18.4 Å². The minimum Gasteiger partial charge on any atom is -0.444 e. The number of hydrogen-bond acceptors (Lipinski definition) is 5. The number of aryl methyl sites for hydroxylation is 1. The van der Waals surface area contributed by atoms with Crippen molar-refractivity contribution in [3.05, 3.63) is 58.7 Å². The van der Waals surface area contributed by atoms with Crippen LogP contribution in [0, 0.1) is 19.8 Å². The summed E-state index contributed by atoms with van der Waals surface area (Å²) in [5.74, 6) is -0.0386. The van der Waals surface area contributed by atoms with Gasteiger partial charge in [0.1, 0.15) is 23.3 Å². The number of esters is 1. The molecular weight excluding hydrogens is 456 g/mol. The maximum atomic E-state index is 13.8. The summed E-state index contributed by atoms with van der Waals surface area (Å²) >= 11 is 0. The van der Waals surface area contributed by atoms with E-state index in [0.717, 1.165) is 53.6 Å². The average molecular weight is 493 g/mol. The summed E-state index contributed by atoms with van der Waals surface area (Å²) < 4.78 is 10.6. The molecule has 1 unspecified atom stereocenters. The molecule has 1 aliphatic heterocycles. The molecule has 1 saturated carbocycles. The lowest BCUT2D eigenvalue weighted by Crippen LogP contribution is -2.43. The van der Waals surface area contributed by atoms with Gasteiger partial charge in [-0.2, -0.15) is 0 Å². The van der Waals surface area contributed by atoms with E-state index >= 15 is 0 Å². The van der Waals surface area contributed by atoms with Crippen LogP contribution in [-0.2, 0) is 19.7 Å². The van der Waals surface area contributed by atoms with Gasteiger partial charge in [-0.25, -0.2) is 9.59 Å². The lowest BCUT2D eigenvalue weighted by atomic mass is 9.62. The second-order valence-corrected chi connectivity index (χ2v) is 10.9. The zero-order valence-corrected chi connectivity index (χ0v) is 21.8. The third-order valence-corrected chi connectivity index (χ3v) is 7.29. The Balaban J connectivity index is 1.58. The second-order valence-electron chi connectivity index (χ2n) is 10.9. The molecule has 0 radical (unpaired) electrons. The number of carbonyl (C=O) groups is 3. The molecule has 2 aliphatic rings. The van der Waals surface area contributed by atoms with E-state index < -0.39 is 23.1 Å². The van der Waals surface area contributed by atoms with Gasteiger partial charge in [-0.1, -0.05) is 43.5 Å². The van der Waals surface area contributed by atoms with Crippen LogP contribution in [0.2, 0.25) is 0 Å². The standard InChI is InChI=1S/C29H36N2O5/c1-18-11-16-23-25(19(18)2)31-26(33)29(23,20-9-7-6-8-10-20)21-12-14-22(15-13-21)35-24(32)17-30-27(34)36-28(3,4)5/h11-16,20H,6-10,17H2,1-5H3,(H,30,34)(H,31,33). The van der Waals surface area contributed by atoms with Crippen molar-refractivity contribution < 1.29 is 23.9 Å². The van der Waals surface area contributed by atoms with Crippen LogP contribution < -0.4 is 15.4 Å². The second kappa shape index (κ2) is 9.96. The van der Waals surface area contributed by atoms with Gasteiger partial charge in [0.15, 0.2) is 0 Å². The van der Waals surface area contributed by atoms with Gasteiger partial charge in [-0.3, -0.25) is 4.79 Å². The molecule has 1 aliphatic carbocycles. The predicted octanol–water partition coefficient (Wildman–Crippen LogP) is 5.55. The van der Waals surface area contributed by atoms with Gasteiger partial charge in [0.25, 0.3) is 0 Å². The molecule has 36 heavy (non-hydrogen) atoms. The number of benzene rings is 2. The van der Waals surface area contributed by atoms with Crippen LogP contribution in [0.15, 0.2) is 36.4 Å². The summed E-state index contributed by atoms with van der Waals surface area (Å²) in [5, 5.41) is 5.61. The molecule has 4 rings (SSSR count). The van der Waals surface area contributed by atoms with Gasteiger partial charge in [0.05, 0.1) is 0 Å². The minimum atomic E-state index is -0.769. The largest absolute Gasteiger partial charge is 0.444 e. The molecule has 1 fully saturated rings.